The zero-order valence-electron chi connectivity index (χ0n) is 19.7. The number of halogens is 2. The number of hydrogen-bond acceptors (Lipinski definition) is 5. The normalized spacial score (nSPS) is 11.1. The van der Waals surface area contributed by atoms with Gasteiger partial charge in [-0.25, -0.2) is 18.7 Å². The summed E-state index contributed by atoms with van der Waals surface area (Å²) in [7, 11) is 3.09. The Bertz CT molecular complexity index is 1190. The molecule has 34 heavy (non-hydrogen) atoms. The van der Waals surface area contributed by atoms with Crippen molar-refractivity contribution >= 4 is 23.0 Å². The summed E-state index contributed by atoms with van der Waals surface area (Å²) < 4.78 is 32.6. The smallest absolute Gasteiger partial charge is 0.275 e. The number of nitrogens with zero attached hydrogens (tertiary/aromatic N) is 2. The molecule has 3 rings (SSSR count). The number of nitrogens with one attached hydrogen (secondary N) is 2. The standard InChI is InChI=1S/C26H28F2N4O2/c1-6-16(2)21-12-19(14-30-24(21)29-4)18-9-7-17(8-10-18)11-23(33)32-20-13-22(26(3,27)28)25(34-5)31-15-20/h7-10,12-15H,2,6,11H2,1,3-5H3,(H,29,30)(H,32,33). The van der Waals surface area contributed by atoms with Gasteiger partial charge in [0, 0.05) is 31.3 Å². The number of pyridine rings is 2. The lowest BCUT2D eigenvalue weighted by atomic mass is 9.99. The maximum Gasteiger partial charge on any atom is 0.275 e. The lowest BCUT2D eigenvalue weighted by molar-refractivity contribution is -0.115. The third-order valence-electron chi connectivity index (χ3n) is 5.39. The first-order valence-corrected chi connectivity index (χ1v) is 10.8. The predicted molar refractivity (Wildman–Crippen MR) is 131 cm³/mol. The summed E-state index contributed by atoms with van der Waals surface area (Å²) in [6, 6.07) is 10.8. The fourth-order valence-corrected chi connectivity index (χ4v) is 3.49. The Balaban J connectivity index is 1.73. The van der Waals surface area contributed by atoms with Gasteiger partial charge in [0.25, 0.3) is 5.92 Å². The van der Waals surface area contributed by atoms with Crippen LogP contribution in [0.15, 0.2) is 55.4 Å². The number of alkyl halides is 2. The Morgan fingerprint density at radius 2 is 1.82 bits per heavy atom. The van der Waals surface area contributed by atoms with Gasteiger partial charge in [0.15, 0.2) is 0 Å². The number of rotatable bonds is 9. The van der Waals surface area contributed by atoms with Crippen LogP contribution in [0.25, 0.3) is 16.7 Å². The molecule has 0 fully saturated rings. The molecular formula is C26H28F2N4O2. The SMILES string of the molecule is C=C(CC)c1cc(-c2ccc(CC(=O)Nc3cnc(OC)c(C(C)(F)F)c3)cc2)cnc1NC. The first-order valence-electron chi connectivity index (χ1n) is 10.8. The number of ether oxygens (including phenoxy) is 1. The van der Waals surface area contributed by atoms with Crippen LogP contribution in [0.1, 0.15) is 37.0 Å². The molecule has 1 aromatic carbocycles. The number of amides is 1. The van der Waals surface area contributed by atoms with Crippen LogP contribution >= 0.6 is 0 Å². The van der Waals surface area contributed by atoms with E-state index in [2.05, 4.69) is 27.2 Å². The third kappa shape index (κ3) is 5.75. The monoisotopic (exact) mass is 466 g/mol. The fraction of sp³-hybridized carbons (Fsp3) is 0.269. The summed E-state index contributed by atoms with van der Waals surface area (Å²) >= 11 is 0. The van der Waals surface area contributed by atoms with Crippen LogP contribution in [0.3, 0.4) is 0 Å². The van der Waals surface area contributed by atoms with Crippen molar-refractivity contribution in [1.29, 1.82) is 0 Å². The molecule has 0 radical (unpaired) electrons. The Morgan fingerprint density at radius 1 is 1.12 bits per heavy atom. The molecule has 2 N–H and O–H groups in total. The molecule has 0 spiro atoms. The Labute approximate surface area is 198 Å². The van der Waals surface area contributed by atoms with E-state index in [-0.39, 0.29) is 29.5 Å². The number of methoxy groups -OCH3 is 1. The van der Waals surface area contributed by atoms with Gasteiger partial charge in [-0.3, -0.25) is 4.79 Å². The zero-order valence-corrected chi connectivity index (χ0v) is 19.7. The van der Waals surface area contributed by atoms with E-state index in [1.807, 2.05) is 44.3 Å². The van der Waals surface area contributed by atoms with Gasteiger partial charge in [-0.2, -0.15) is 0 Å². The maximum atomic E-state index is 13.8. The highest BCUT2D eigenvalue weighted by atomic mass is 19.3. The van der Waals surface area contributed by atoms with Crippen LogP contribution in [0.4, 0.5) is 20.3 Å². The molecular weight excluding hydrogens is 438 g/mol. The van der Waals surface area contributed by atoms with Gasteiger partial charge in [-0.15, -0.1) is 0 Å². The summed E-state index contributed by atoms with van der Waals surface area (Å²) in [5.41, 5.74) is 4.43. The average Bonchev–Trinajstić information content (AvgIpc) is 2.83. The molecule has 6 nitrogen and oxygen atoms in total. The number of carbonyl (C=O) groups excluding carboxylic acids is 1. The first kappa shape index (κ1) is 24.8. The van der Waals surface area contributed by atoms with Gasteiger partial charge in [0.1, 0.15) is 5.82 Å². The molecule has 0 unspecified atom stereocenters. The lowest BCUT2D eigenvalue weighted by Crippen LogP contribution is -2.16. The van der Waals surface area contributed by atoms with Crippen LogP contribution < -0.4 is 15.4 Å². The van der Waals surface area contributed by atoms with Gasteiger partial charge in [0.2, 0.25) is 11.8 Å². The molecule has 2 heterocycles. The molecule has 178 valence electrons. The van der Waals surface area contributed by atoms with Crippen LogP contribution in [0, 0.1) is 0 Å². The number of aromatic nitrogens is 2. The van der Waals surface area contributed by atoms with E-state index >= 15 is 0 Å². The molecule has 0 bridgehead atoms. The van der Waals surface area contributed by atoms with E-state index in [1.165, 1.54) is 19.4 Å². The van der Waals surface area contributed by atoms with Gasteiger partial charge >= 0.3 is 0 Å². The largest absolute Gasteiger partial charge is 0.481 e. The average molecular weight is 467 g/mol. The molecule has 1 amide bonds. The van der Waals surface area contributed by atoms with E-state index in [0.717, 1.165) is 47.0 Å². The minimum Gasteiger partial charge on any atom is -0.481 e. The molecule has 2 aromatic heterocycles. The summed E-state index contributed by atoms with van der Waals surface area (Å²) in [4.78, 5) is 20.9. The predicted octanol–water partition coefficient (Wildman–Crippen LogP) is 5.91. The Hall–Kier alpha value is -3.81. The molecule has 0 aliphatic rings. The number of anilines is 2. The molecule has 0 saturated heterocycles. The van der Waals surface area contributed by atoms with E-state index in [1.54, 1.807) is 6.20 Å². The summed E-state index contributed by atoms with van der Waals surface area (Å²) in [6.07, 6.45) is 3.98. The number of benzene rings is 1. The van der Waals surface area contributed by atoms with Gasteiger partial charge in [0.05, 0.1) is 31.0 Å². The van der Waals surface area contributed by atoms with E-state index in [9.17, 15) is 13.6 Å². The van der Waals surface area contributed by atoms with Crippen molar-refractivity contribution in [2.45, 2.75) is 32.6 Å². The molecule has 8 heteroatoms. The molecule has 0 aliphatic carbocycles. The molecule has 0 atom stereocenters. The fourth-order valence-electron chi connectivity index (χ4n) is 3.49. The van der Waals surface area contributed by atoms with E-state index in [4.69, 9.17) is 4.74 Å². The first-order chi connectivity index (χ1) is 16.2. The quantitative estimate of drug-likeness (QED) is 0.410. The minimum absolute atomic E-state index is 0.0823. The van der Waals surface area contributed by atoms with Gasteiger partial charge < -0.3 is 15.4 Å². The number of carbonyl (C=O) groups is 1. The number of hydrogen-bond donors (Lipinski definition) is 2. The summed E-state index contributed by atoms with van der Waals surface area (Å²) in [6.45, 7) is 6.92. The van der Waals surface area contributed by atoms with Crippen molar-refractivity contribution in [2.24, 2.45) is 0 Å². The van der Waals surface area contributed by atoms with Crippen molar-refractivity contribution in [2.75, 3.05) is 24.8 Å². The third-order valence-corrected chi connectivity index (χ3v) is 5.39. The van der Waals surface area contributed by atoms with Crippen molar-refractivity contribution < 1.29 is 18.3 Å². The Morgan fingerprint density at radius 3 is 2.41 bits per heavy atom. The Kier molecular flexibility index (Phi) is 7.61. The van der Waals surface area contributed by atoms with Crippen molar-refractivity contribution in [3.8, 4) is 17.0 Å². The highest BCUT2D eigenvalue weighted by Gasteiger charge is 2.30. The van der Waals surface area contributed by atoms with Crippen molar-refractivity contribution in [3.05, 3.63) is 72.1 Å². The molecule has 0 saturated carbocycles. The highest BCUT2D eigenvalue weighted by Crippen LogP contribution is 2.34. The second-order valence-electron chi connectivity index (χ2n) is 7.92. The highest BCUT2D eigenvalue weighted by molar-refractivity contribution is 5.92. The summed E-state index contributed by atoms with van der Waals surface area (Å²) in [5, 5.41) is 5.71. The second kappa shape index (κ2) is 10.4. The second-order valence-corrected chi connectivity index (χ2v) is 7.92. The topological polar surface area (TPSA) is 76.1 Å². The van der Waals surface area contributed by atoms with Crippen LogP contribution in [0.2, 0.25) is 0 Å². The van der Waals surface area contributed by atoms with Crippen LogP contribution in [-0.4, -0.2) is 30.0 Å². The molecule has 0 aliphatic heterocycles. The lowest BCUT2D eigenvalue weighted by Gasteiger charge is -2.15. The summed E-state index contributed by atoms with van der Waals surface area (Å²) in [5.74, 6) is -2.89. The van der Waals surface area contributed by atoms with Gasteiger partial charge in [-0.05, 0) is 35.3 Å². The van der Waals surface area contributed by atoms with Crippen molar-refractivity contribution in [3.63, 3.8) is 0 Å². The zero-order chi connectivity index (χ0) is 24.9. The number of allylic oxidation sites excluding steroid dienone is 1. The van der Waals surface area contributed by atoms with Crippen LogP contribution in [0.5, 0.6) is 5.88 Å². The van der Waals surface area contributed by atoms with Crippen LogP contribution in [-0.2, 0) is 17.1 Å². The van der Waals surface area contributed by atoms with E-state index in [0.29, 0.717) is 0 Å². The van der Waals surface area contributed by atoms with Gasteiger partial charge in [-0.1, -0.05) is 37.8 Å². The van der Waals surface area contributed by atoms with Crippen molar-refractivity contribution in [1.82, 2.24) is 9.97 Å². The maximum absolute atomic E-state index is 13.8. The minimum atomic E-state index is -3.15. The molecule has 3 aromatic rings. The van der Waals surface area contributed by atoms with E-state index < -0.39 is 5.92 Å².